The lowest BCUT2D eigenvalue weighted by atomic mass is 10.0. The van der Waals surface area contributed by atoms with E-state index < -0.39 is 53.8 Å². The maximum Gasteiger partial charge on any atom is 0.325 e. The second-order valence-corrected chi connectivity index (χ2v) is 7.99. The molecule has 170 valence electrons. The molecule has 1 aliphatic heterocycles. The first kappa shape index (κ1) is 25.3. The van der Waals surface area contributed by atoms with Crippen LogP contribution in [-0.4, -0.2) is 75.5 Å². The number of likely N-dealkylation sites (tertiary alicyclic amines) is 1. The van der Waals surface area contributed by atoms with Crippen molar-refractivity contribution in [2.24, 2.45) is 11.7 Å². The normalized spacial score (nSPS) is 19.1. The Balaban J connectivity index is 2.92. The molecule has 0 spiro atoms. The highest BCUT2D eigenvalue weighted by atomic mass is 16.4. The van der Waals surface area contributed by atoms with E-state index in [1.165, 1.54) is 11.8 Å². The highest BCUT2D eigenvalue weighted by Gasteiger charge is 2.38. The fraction of sp³-hybridized carbons (Fsp3) is 0.737. The molecule has 4 atom stereocenters. The molecule has 0 aliphatic carbocycles. The smallest absolute Gasteiger partial charge is 0.325 e. The minimum absolute atomic E-state index is 0.148. The molecule has 1 saturated heterocycles. The largest absolute Gasteiger partial charge is 0.481 e. The highest BCUT2D eigenvalue weighted by molar-refractivity contribution is 5.94. The van der Waals surface area contributed by atoms with Gasteiger partial charge >= 0.3 is 11.9 Å². The number of aliphatic carboxylic acids is 2. The number of hydrogen-bond acceptors (Lipinski definition) is 6. The summed E-state index contributed by atoms with van der Waals surface area (Å²) in [5.41, 5.74) is 5.86. The Hall–Kier alpha value is -2.69. The lowest BCUT2D eigenvalue weighted by Gasteiger charge is -2.29. The van der Waals surface area contributed by atoms with Crippen molar-refractivity contribution in [1.82, 2.24) is 15.5 Å². The minimum atomic E-state index is -1.20. The van der Waals surface area contributed by atoms with Crippen molar-refractivity contribution in [2.45, 2.75) is 77.0 Å². The van der Waals surface area contributed by atoms with Gasteiger partial charge in [0.2, 0.25) is 17.7 Å². The summed E-state index contributed by atoms with van der Waals surface area (Å²) in [5.74, 6) is -3.92. The van der Waals surface area contributed by atoms with Gasteiger partial charge in [0.25, 0.3) is 0 Å². The summed E-state index contributed by atoms with van der Waals surface area (Å²) in [6.07, 6.45) is 0.767. The molecule has 11 nitrogen and oxygen atoms in total. The zero-order valence-corrected chi connectivity index (χ0v) is 17.6. The first-order valence-electron chi connectivity index (χ1n) is 10.0. The number of nitrogens with two attached hydrogens (primary N) is 1. The van der Waals surface area contributed by atoms with E-state index in [1.807, 2.05) is 13.8 Å². The monoisotopic (exact) mass is 428 g/mol. The van der Waals surface area contributed by atoms with Crippen molar-refractivity contribution in [2.75, 3.05) is 6.54 Å². The predicted octanol–water partition coefficient (Wildman–Crippen LogP) is -0.710. The van der Waals surface area contributed by atoms with E-state index in [4.69, 9.17) is 15.9 Å². The number of carbonyl (C=O) groups excluding carboxylic acids is 3. The van der Waals surface area contributed by atoms with Gasteiger partial charge in [0.1, 0.15) is 18.1 Å². The van der Waals surface area contributed by atoms with Crippen molar-refractivity contribution in [1.29, 1.82) is 0 Å². The lowest BCUT2D eigenvalue weighted by molar-refractivity contribution is -0.145. The number of rotatable bonds is 11. The highest BCUT2D eigenvalue weighted by Crippen LogP contribution is 2.20. The summed E-state index contributed by atoms with van der Waals surface area (Å²) in [4.78, 5) is 61.1. The molecule has 4 unspecified atom stereocenters. The third-order valence-corrected chi connectivity index (χ3v) is 4.89. The average Bonchev–Trinajstić information content (AvgIpc) is 3.13. The van der Waals surface area contributed by atoms with Gasteiger partial charge in [-0.25, -0.2) is 0 Å². The van der Waals surface area contributed by atoms with Crippen LogP contribution in [0.5, 0.6) is 0 Å². The van der Waals surface area contributed by atoms with Crippen molar-refractivity contribution < 1.29 is 34.2 Å². The first-order valence-corrected chi connectivity index (χ1v) is 10.0. The Labute approximate surface area is 175 Å². The molecule has 0 aromatic rings. The van der Waals surface area contributed by atoms with E-state index in [0.717, 1.165) is 0 Å². The zero-order valence-electron chi connectivity index (χ0n) is 17.6. The summed E-state index contributed by atoms with van der Waals surface area (Å²) in [7, 11) is 0. The van der Waals surface area contributed by atoms with Crippen LogP contribution < -0.4 is 16.4 Å². The Bertz CT molecular complexity index is 667. The molecule has 3 amide bonds. The molecule has 1 rings (SSSR count). The third-order valence-electron chi connectivity index (χ3n) is 4.89. The van der Waals surface area contributed by atoms with E-state index >= 15 is 0 Å². The Morgan fingerprint density at radius 3 is 2.27 bits per heavy atom. The molecule has 1 aliphatic rings. The number of hydrogen-bond donors (Lipinski definition) is 5. The topological polar surface area (TPSA) is 179 Å². The lowest BCUT2D eigenvalue weighted by Crippen LogP contribution is -2.56. The molecule has 1 heterocycles. The van der Waals surface area contributed by atoms with Crippen LogP contribution in [0.2, 0.25) is 0 Å². The van der Waals surface area contributed by atoms with Crippen LogP contribution in [0, 0.1) is 5.92 Å². The Morgan fingerprint density at radius 1 is 1.10 bits per heavy atom. The predicted molar refractivity (Wildman–Crippen MR) is 106 cm³/mol. The first-order chi connectivity index (χ1) is 13.9. The van der Waals surface area contributed by atoms with Crippen LogP contribution in [0.1, 0.15) is 52.9 Å². The van der Waals surface area contributed by atoms with Crippen LogP contribution in [0.15, 0.2) is 0 Å². The van der Waals surface area contributed by atoms with Crippen LogP contribution in [-0.2, 0) is 24.0 Å². The maximum atomic E-state index is 13.1. The summed E-state index contributed by atoms with van der Waals surface area (Å²) in [6, 6.07) is -3.99. The number of carboxylic acids is 2. The van der Waals surface area contributed by atoms with Crippen molar-refractivity contribution in [3.63, 3.8) is 0 Å². The SMILES string of the molecule is CC(C)CC(N)C(=O)NC(CCC(=O)O)C(=O)N1CCCC1C(=O)NC(C)C(=O)O. The Kier molecular flexibility index (Phi) is 9.70. The zero-order chi connectivity index (χ0) is 23.0. The molecule has 11 heteroatoms. The maximum absolute atomic E-state index is 13.1. The van der Waals surface area contributed by atoms with Crippen molar-refractivity contribution in [3.8, 4) is 0 Å². The van der Waals surface area contributed by atoms with Gasteiger partial charge < -0.3 is 31.5 Å². The molecular weight excluding hydrogens is 396 g/mol. The second-order valence-electron chi connectivity index (χ2n) is 7.99. The fourth-order valence-corrected chi connectivity index (χ4v) is 3.29. The van der Waals surface area contributed by atoms with Gasteiger partial charge in [0.15, 0.2) is 0 Å². The van der Waals surface area contributed by atoms with Gasteiger partial charge in [0.05, 0.1) is 6.04 Å². The molecule has 6 N–H and O–H groups in total. The van der Waals surface area contributed by atoms with Gasteiger partial charge in [-0.15, -0.1) is 0 Å². The molecule has 0 saturated carbocycles. The molecule has 30 heavy (non-hydrogen) atoms. The molecule has 0 aromatic heterocycles. The van der Waals surface area contributed by atoms with Crippen LogP contribution >= 0.6 is 0 Å². The van der Waals surface area contributed by atoms with Gasteiger partial charge in [-0.2, -0.15) is 0 Å². The van der Waals surface area contributed by atoms with Gasteiger partial charge in [0, 0.05) is 13.0 Å². The average molecular weight is 428 g/mol. The summed E-state index contributed by atoms with van der Waals surface area (Å²) < 4.78 is 0. The van der Waals surface area contributed by atoms with Crippen LogP contribution in [0.25, 0.3) is 0 Å². The molecule has 1 fully saturated rings. The summed E-state index contributed by atoms with van der Waals surface area (Å²) >= 11 is 0. The van der Waals surface area contributed by atoms with Gasteiger partial charge in [-0.1, -0.05) is 13.8 Å². The quantitative estimate of drug-likeness (QED) is 0.286. The van der Waals surface area contributed by atoms with E-state index in [1.54, 1.807) is 0 Å². The summed E-state index contributed by atoms with van der Waals surface area (Å²) in [5, 5.41) is 22.8. The summed E-state index contributed by atoms with van der Waals surface area (Å²) in [6.45, 7) is 5.35. The van der Waals surface area contributed by atoms with E-state index in [0.29, 0.717) is 19.3 Å². The molecule has 0 bridgehead atoms. The Morgan fingerprint density at radius 2 is 1.73 bits per heavy atom. The van der Waals surface area contributed by atoms with E-state index in [2.05, 4.69) is 10.6 Å². The number of amides is 3. The van der Waals surface area contributed by atoms with E-state index in [9.17, 15) is 24.0 Å². The second kappa shape index (κ2) is 11.5. The number of nitrogens with zero attached hydrogens (tertiary/aromatic N) is 1. The number of nitrogens with one attached hydrogen (secondary N) is 2. The van der Waals surface area contributed by atoms with Gasteiger partial charge in [-0.3, -0.25) is 24.0 Å². The minimum Gasteiger partial charge on any atom is -0.481 e. The van der Waals surface area contributed by atoms with Crippen LogP contribution in [0.4, 0.5) is 0 Å². The third kappa shape index (κ3) is 7.62. The molecule has 0 aromatic carbocycles. The molecular formula is C19H32N4O7. The number of carboxylic acid groups (broad SMARTS) is 2. The van der Waals surface area contributed by atoms with Gasteiger partial charge in [-0.05, 0) is 38.5 Å². The number of carbonyl (C=O) groups is 5. The molecule has 0 radical (unpaired) electrons. The standard InChI is InChI=1S/C19H32N4O7/c1-10(2)9-12(20)16(26)22-13(6-7-15(24)25)18(28)23-8-4-5-14(23)17(27)21-11(3)19(29)30/h10-14H,4-9,20H2,1-3H3,(H,21,27)(H,22,26)(H,24,25)(H,29,30). The van der Waals surface area contributed by atoms with Crippen LogP contribution in [0.3, 0.4) is 0 Å². The van der Waals surface area contributed by atoms with E-state index in [-0.39, 0.29) is 25.3 Å². The van der Waals surface area contributed by atoms with Crippen molar-refractivity contribution >= 4 is 29.7 Å². The fourth-order valence-electron chi connectivity index (χ4n) is 3.29. The van der Waals surface area contributed by atoms with Crippen molar-refractivity contribution in [3.05, 3.63) is 0 Å².